The molecule has 2 aromatic carbocycles. The minimum atomic E-state index is -0.414. The van der Waals surface area contributed by atoms with E-state index >= 15 is 0 Å². The maximum absolute atomic E-state index is 12.7. The number of aryl methyl sites for hydroxylation is 1. The number of aromatic nitrogens is 1. The molecule has 144 valence electrons. The van der Waals surface area contributed by atoms with Crippen molar-refractivity contribution in [2.75, 3.05) is 10.6 Å². The summed E-state index contributed by atoms with van der Waals surface area (Å²) in [5, 5.41) is 9.05. The highest BCUT2D eigenvalue weighted by atomic mass is 35.5. The molecule has 4 rings (SSSR count). The Hall–Kier alpha value is -3.71. The number of carbonyl (C=O) groups excluding carboxylic acids is 3. The SMILES string of the molecule is Cc1cc(NC(=O)c2ccc(NC3=C(Cl)C(=O)c4ccccc4C3=O)cc2)no1. The molecule has 2 N–H and O–H groups in total. The minimum absolute atomic E-state index is 0.00522. The van der Waals surface area contributed by atoms with Crippen molar-refractivity contribution < 1.29 is 18.9 Å². The van der Waals surface area contributed by atoms with Gasteiger partial charge in [-0.1, -0.05) is 41.0 Å². The van der Waals surface area contributed by atoms with E-state index in [1.807, 2.05) is 0 Å². The molecule has 0 saturated heterocycles. The number of allylic oxidation sites excluding steroid dienone is 2. The van der Waals surface area contributed by atoms with Crippen LogP contribution in [0.1, 0.15) is 36.8 Å². The highest BCUT2D eigenvalue weighted by Crippen LogP contribution is 2.29. The number of halogens is 1. The van der Waals surface area contributed by atoms with E-state index < -0.39 is 5.78 Å². The Labute approximate surface area is 170 Å². The number of amides is 1. The van der Waals surface area contributed by atoms with Gasteiger partial charge in [-0.3, -0.25) is 14.4 Å². The number of nitrogens with zero attached hydrogens (tertiary/aromatic N) is 1. The number of rotatable bonds is 4. The van der Waals surface area contributed by atoms with Gasteiger partial charge in [0.05, 0.1) is 0 Å². The Balaban J connectivity index is 1.53. The average Bonchev–Trinajstić information content (AvgIpc) is 3.14. The van der Waals surface area contributed by atoms with Crippen LogP contribution >= 0.6 is 11.6 Å². The van der Waals surface area contributed by atoms with E-state index in [4.69, 9.17) is 16.1 Å². The normalized spacial score (nSPS) is 13.3. The largest absolute Gasteiger partial charge is 0.360 e. The van der Waals surface area contributed by atoms with Crippen LogP contribution in [0.15, 0.2) is 69.8 Å². The maximum Gasteiger partial charge on any atom is 0.256 e. The summed E-state index contributed by atoms with van der Waals surface area (Å²) in [7, 11) is 0. The summed E-state index contributed by atoms with van der Waals surface area (Å²) in [6.45, 7) is 1.72. The molecule has 3 aromatic rings. The van der Waals surface area contributed by atoms with Crippen molar-refractivity contribution in [3.8, 4) is 0 Å². The molecule has 29 heavy (non-hydrogen) atoms. The second kappa shape index (κ2) is 7.37. The lowest BCUT2D eigenvalue weighted by atomic mass is 9.92. The molecule has 1 heterocycles. The molecule has 1 aliphatic rings. The highest BCUT2D eigenvalue weighted by Gasteiger charge is 2.31. The zero-order chi connectivity index (χ0) is 20.5. The second-order valence-corrected chi connectivity index (χ2v) is 6.75. The first-order valence-corrected chi connectivity index (χ1v) is 9.02. The number of anilines is 2. The van der Waals surface area contributed by atoms with Crippen LogP contribution in [0.25, 0.3) is 0 Å². The van der Waals surface area contributed by atoms with Crippen LogP contribution in [-0.4, -0.2) is 22.6 Å². The Bertz CT molecular complexity index is 1180. The molecule has 0 radical (unpaired) electrons. The standard InChI is InChI=1S/C21H14ClN3O4/c1-11-10-16(25-29-11)24-21(28)12-6-8-13(9-7-12)23-18-17(22)19(26)14-4-2-3-5-15(14)20(18)27/h2-10,23H,1H3,(H,24,25,28). The first-order chi connectivity index (χ1) is 13.9. The first kappa shape index (κ1) is 18.6. The summed E-state index contributed by atoms with van der Waals surface area (Å²) in [5.74, 6) is -0.244. The van der Waals surface area contributed by atoms with Gasteiger partial charge in [0.25, 0.3) is 5.91 Å². The second-order valence-electron chi connectivity index (χ2n) is 6.37. The summed E-state index contributed by atoms with van der Waals surface area (Å²) in [5.41, 5.74) is 1.47. The number of hydrogen-bond acceptors (Lipinski definition) is 6. The van der Waals surface area contributed by atoms with E-state index in [0.717, 1.165) is 0 Å². The molecule has 1 amide bonds. The van der Waals surface area contributed by atoms with E-state index in [2.05, 4.69) is 15.8 Å². The number of ketones is 2. The van der Waals surface area contributed by atoms with E-state index in [0.29, 0.717) is 28.4 Å². The van der Waals surface area contributed by atoms with Gasteiger partial charge in [0.15, 0.2) is 5.82 Å². The number of carbonyl (C=O) groups is 3. The van der Waals surface area contributed by atoms with Crippen LogP contribution in [0.5, 0.6) is 0 Å². The van der Waals surface area contributed by atoms with Crippen molar-refractivity contribution in [2.45, 2.75) is 6.92 Å². The predicted molar refractivity (Wildman–Crippen MR) is 107 cm³/mol. The highest BCUT2D eigenvalue weighted by molar-refractivity contribution is 6.50. The minimum Gasteiger partial charge on any atom is -0.360 e. The quantitative estimate of drug-likeness (QED) is 0.672. The zero-order valence-electron chi connectivity index (χ0n) is 15.2. The molecule has 0 bridgehead atoms. The lowest BCUT2D eigenvalue weighted by molar-refractivity contribution is 0.0982. The number of nitrogens with one attached hydrogen (secondary N) is 2. The molecule has 1 aromatic heterocycles. The van der Waals surface area contributed by atoms with Crippen LogP contribution < -0.4 is 10.6 Å². The molecule has 1 aliphatic carbocycles. The van der Waals surface area contributed by atoms with Crippen molar-refractivity contribution >= 4 is 40.6 Å². The van der Waals surface area contributed by atoms with E-state index in [9.17, 15) is 14.4 Å². The van der Waals surface area contributed by atoms with Gasteiger partial charge < -0.3 is 15.2 Å². The molecule has 0 atom stereocenters. The van der Waals surface area contributed by atoms with Crippen molar-refractivity contribution in [3.63, 3.8) is 0 Å². The van der Waals surface area contributed by atoms with Gasteiger partial charge in [0, 0.05) is 28.4 Å². The third-order valence-corrected chi connectivity index (χ3v) is 4.71. The molecule has 0 saturated carbocycles. The van der Waals surface area contributed by atoms with Crippen LogP contribution in [0, 0.1) is 6.92 Å². The molecule has 0 aliphatic heterocycles. The summed E-state index contributed by atoms with van der Waals surface area (Å²) >= 11 is 6.15. The summed E-state index contributed by atoms with van der Waals surface area (Å²) < 4.78 is 4.91. The van der Waals surface area contributed by atoms with Crippen molar-refractivity contribution in [1.82, 2.24) is 5.16 Å². The van der Waals surface area contributed by atoms with Gasteiger partial charge in [-0.05, 0) is 31.2 Å². The fourth-order valence-electron chi connectivity index (χ4n) is 2.92. The lowest BCUT2D eigenvalue weighted by Crippen LogP contribution is -2.24. The zero-order valence-corrected chi connectivity index (χ0v) is 15.9. The Morgan fingerprint density at radius 3 is 2.28 bits per heavy atom. The Morgan fingerprint density at radius 1 is 1.00 bits per heavy atom. The van der Waals surface area contributed by atoms with Gasteiger partial charge >= 0.3 is 0 Å². The van der Waals surface area contributed by atoms with Crippen LogP contribution in [-0.2, 0) is 0 Å². The van der Waals surface area contributed by atoms with Gasteiger partial charge in [-0.25, -0.2) is 0 Å². The van der Waals surface area contributed by atoms with Crippen molar-refractivity contribution in [2.24, 2.45) is 0 Å². The Kier molecular flexibility index (Phi) is 4.74. The summed E-state index contributed by atoms with van der Waals surface area (Å²) in [6.07, 6.45) is 0. The van der Waals surface area contributed by atoms with Gasteiger partial charge in [0.2, 0.25) is 11.6 Å². The van der Waals surface area contributed by atoms with E-state index in [1.54, 1.807) is 61.5 Å². The first-order valence-electron chi connectivity index (χ1n) is 8.64. The fraction of sp³-hybridized carbons (Fsp3) is 0.0476. The van der Waals surface area contributed by atoms with Crippen LogP contribution in [0.3, 0.4) is 0 Å². The van der Waals surface area contributed by atoms with Gasteiger partial charge in [-0.15, -0.1) is 0 Å². The van der Waals surface area contributed by atoms with Crippen LogP contribution in [0.4, 0.5) is 11.5 Å². The molecule has 8 heteroatoms. The molecule has 0 spiro atoms. The average molecular weight is 408 g/mol. The van der Waals surface area contributed by atoms with E-state index in [-0.39, 0.29) is 28.0 Å². The molecule has 0 unspecified atom stereocenters. The fourth-order valence-corrected chi connectivity index (χ4v) is 3.15. The monoisotopic (exact) mass is 407 g/mol. The van der Waals surface area contributed by atoms with Gasteiger partial charge in [-0.2, -0.15) is 0 Å². The third kappa shape index (κ3) is 3.55. The third-order valence-electron chi connectivity index (χ3n) is 4.35. The molecular weight excluding hydrogens is 394 g/mol. The lowest BCUT2D eigenvalue weighted by Gasteiger charge is -2.19. The van der Waals surface area contributed by atoms with Crippen molar-refractivity contribution in [3.05, 3.63) is 87.8 Å². The summed E-state index contributed by atoms with van der Waals surface area (Å²) in [6, 6.07) is 14.5. The smallest absolute Gasteiger partial charge is 0.256 e. The topological polar surface area (TPSA) is 101 Å². The molecule has 7 nitrogen and oxygen atoms in total. The number of hydrogen-bond donors (Lipinski definition) is 2. The van der Waals surface area contributed by atoms with E-state index in [1.165, 1.54) is 0 Å². The number of fused-ring (bicyclic) bond motifs is 1. The van der Waals surface area contributed by atoms with Crippen molar-refractivity contribution in [1.29, 1.82) is 0 Å². The Morgan fingerprint density at radius 2 is 1.66 bits per heavy atom. The molecule has 0 fully saturated rings. The van der Waals surface area contributed by atoms with Crippen LogP contribution in [0.2, 0.25) is 0 Å². The summed E-state index contributed by atoms with van der Waals surface area (Å²) in [4.78, 5) is 37.4. The van der Waals surface area contributed by atoms with Gasteiger partial charge in [0.1, 0.15) is 16.5 Å². The molecular formula is C21H14ClN3O4. The number of benzene rings is 2. The number of Topliss-reactive ketones (excluding diaryl/α,β-unsaturated/α-hetero) is 2. The predicted octanol–water partition coefficient (Wildman–Crippen LogP) is 4.18. The maximum atomic E-state index is 12.7.